The number of rotatable bonds is 11. The van der Waals surface area contributed by atoms with Gasteiger partial charge in [-0.05, 0) is 68.5 Å². The fraction of sp³-hybridized carbons (Fsp3) is 0.350. The second kappa shape index (κ2) is 15.7. The molecule has 0 fully saturated rings. The summed E-state index contributed by atoms with van der Waals surface area (Å²) in [5.41, 5.74) is 6.65. The van der Waals surface area contributed by atoms with E-state index < -0.39 is 6.10 Å². The summed E-state index contributed by atoms with van der Waals surface area (Å²) in [6, 6.07) is 23.5. The molecule has 1 aliphatic heterocycles. The van der Waals surface area contributed by atoms with Crippen LogP contribution in [0.5, 0.6) is 5.75 Å². The van der Waals surface area contributed by atoms with E-state index in [1.54, 1.807) is 24.3 Å². The molecular formula is C40H44N6O6. The average Bonchev–Trinajstić information content (AvgIpc) is 3.64. The van der Waals surface area contributed by atoms with E-state index in [0.717, 1.165) is 65.3 Å². The van der Waals surface area contributed by atoms with Gasteiger partial charge in [-0.1, -0.05) is 75.6 Å². The third-order valence-electron chi connectivity index (χ3n) is 9.57. The van der Waals surface area contributed by atoms with Crippen LogP contribution in [-0.4, -0.2) is 46.3 Å². The number of aliphatic hydroxyl groups excluding tert-OH is 1. The van der Waals surface area contributed by atoms with Gasteiger partial charge in [-0.25, -0.2) is 9.97 Å². The van der Waals surface area contributed by atoms with Crippen LogP contribution in [0.3, 0.4) is 0 Å². The molecule has 0 radical (unpaired) electrons. The van der Waals surface area contributed by atoms with Crippen LogP contribution in [0.2, 0.25) is 0 Å². The van der Waals surface area contributed by atoms with Crippen LogP contribution in [0.1, 0.15) is 63.5 Å². The van der Waals surface area contributed by atoms with E-state index in [9.17, 15) is 25.3 Å². The van der Waals surface area contributed by atoms with E-state index >= 15 is 0 Å². The number of aliphatic hydroxyl groups is 1. The number of imidazole rings is 2. The molecule has 2 unspecified atom stereocenters. The Hall–Kier alpha value is -5.62. The van der Waals surface area contributed by atoms with Crippen LogP contribution in [0.4, 0.5) is 11.4 Å². The maximum absolute atomic E-state index is 11.6. The molecule has 0 bridgehead atoms. The number of benzene rings is 4. The number of para-hydroxylation sites is 3. The third kappa shape index (κ3) is 7.24. The summed E-state index contributed by atoms with van der Waals surface area (Å²) in [7, 11) is 0. The molecule has 7 rings (SSSR count). The van der Waals surface area contributed by atoms with Crippen molar-refractivity contribution in [1.82, 2.24) is 19.1 Å². The largest absolute Gasteiger partial charge is 0.488 e. The molecule has 0 amide bonds. The number of aryl methyl sites for hydroxylation is 2. The molecule has 3 heterocycles. The molecule has 0 aliphatic carbocycles. The maximum Gasteiger partial charge on any atom is 0.284 e. The molecule has 2 aromatic heterocycles. The summed E-state index contributed by atoms with van der Waals surface area (Å²) in [5.74, 6) is 1.69. The fourth-order valence-electron chi connectivity index (χ4n) is 6.90. The Bertz CT molecular complexity index is 2230. The molecule has 1 N–H and O–H groups in total. The molecule has 0 saturated carbocycles. The van der Waals surface area contributed by atoms with Crippen molar-refractivity contribution in [2.75, 3.05) is 0 Å². The summed E-state index contributed by atoms with van der Waals surface area (Å²) in [6.45, 7) is 9.22. The SMILES string of the molecule is CCCCC(O)Cn1c(-c2ccccc2[N+](=O)[O-])nc2c(C)cccc21.CCCCC1Cn2c(nc3c(C)cccc32)-c2c(cccc2[N+](=O)[O-])O1. The van der Waals surface area contributed by atoms with Crippen LogP contribution in [0, 0.1) is 34.1 Å². The predicted molar refractivity (Wildman–Crippen MR) is 203 cm³/mol. The minimum absolute atomic E-state index is 0.0183. The Labute approximate surface area is 302 Å². The van der Waals surface area contributed by atoms with Gasteiger partial charge in [0, 0.05) is 12.1 Å². The second-order valence-electron chi connectivity index (χ2n) is 13.3. The Balaban J connectivity index is 0.000000179. The summed E-state index contributed by atoms with van der Waals surface area (Å²) in [6.07, 6.45) is 5.13. The first-order chi connectivity index (χ1) is 25.1. The highest BCUT2D eigenvalue weighted by Gasteiger charge is 2.31. The van der Waals surface area contributed by atoms with Gasteiger partial charge in [0.05, 0.1) is 56.7 Å². The lowest BCUT2D eigenvalue weighted by molar-refractivity contribution is -0.384. The summed E-state index contributed by atoms with van der Waals surface area (Å²) < 4.78 is 10.2. The Morgan fingerprint density at radius 1 is 0.808 bits per heavy atom. The highest BCUT2D eigenvalue weighted by molar-refractivity contribution is 5.87. The molecule has 12 heteroatoms. The quantitative estimate of drug-likeness (QED) is 0.103. The third-order valence-corrected chi connectivity index (χ3v) is 9.57. The number of unbranched alkanes of at least 4 members (excludes halogenated alkanes) is 2. The summed E-state index contributed by atoms with van der Waals surface area (Å²) >= 11 is 0. The van der Waals surface area contributed by atoms with E-state index in [1.807, 2.05) is 60.9 Å². The highest BCUT2D eigenvalue weighted by atomic mass is 16.6. The second-order valence-corrected chi connectivity index (χ2v) is 13.3. The first-order valence-electron chi connectivity index (χ1n) is 17.9. The van der Waals surface area contributed by atoms with Crippen molar-refractivity contribution in [2.45, 2.75) is 91.5 Å². The topological polar surface area (TPSA) is 151 Å². The minimum Gasteiger partial charge on any atom is -0.488 e. The standard InChI is InChI=1S/C20H21N3O3.C20H23N3O3/c1-3-4-8-14-12-22-16-10-5-7-13(2)19(16)21-20(22)18-15(23(24)25)9-6-11-17(18)26-14;1-3-4-9-15(24)13-22-18-12-7-8-14(2)19(18)21-20(22)16-10-5-6-11-17(16)23(25)26/h5-7,9-11,14H,3-4,8,12H2,1-2H3;5-8,10-12,15,24H,3-4,9,13H2,1-2H3. The lowest BCUT2D eigenvalue weighted by Crippen LogP contribution is -2.21. The first kappa shape index (κ1) is 36.2. The van der Waals surface area contributed by atoms with Crippen molar-refractivity contribution in [1.29, 1.82) is 0 Å². The van der Waals surface area contributed by atoms with Crippen LogP contribution in [0.25, 0.3) is 44.8 Å². The van der Waals surface area contributed by atoms with Gasteiger partial charge in [-0.2, -0.15) is 0 Å². The maximum atomic E-state index is 11.6. The molecule has 6 aromatic rings. The number of aromatic nitrogens is 4. The highest BCUT2D eigenvalue weighted by Crippen LogP contribution is 2.42. The van der Waals surface area contributed by atoms with Gasteiger partial charge in [0.2, 0.25) is 0 Å². The van der Waals surface area contributed by atoms with Crippen LogP contribution in [0.15, 0.2) is 78.9 Å². The van der Waals surface area contributed by atoms with Crippen molar-refractivity contribution in [2.24, 2.45) is 0 Å². The van der Waals surface area contributed by atoms with Crippen molar-refractivity contribution >= 4 is 33.4 Å². The van der Waals surface area contributed by atoms with Gasteiger partial charge < -0.3 is 19.0 Å². The molecular weight excluding hydrogens is 660 g/mol. The number of hydrogen-bond donors (Lipinski definition) is 1. The number of nitrogens with zero attached hydrogens (tertiary/aromatic N) is 6. The molecule has 52 heavy (non-hydrogen) atoms. The Kier molecular flexibility index (Phi) is 10.9. The first-order valence-corrected chi connectivity index (χ1v) is 17.9. The van der Waals surface area contributed by atoms with Gasteiger partial charge in [-0.15, -0.1) is 0 Å². The lowest BCUT2D eigenvalue weighted by Gasteiger charge is -2.18. The molecule has 12 nitrogen and oxygen atoms in total. The summed E-state index contributed by atoms with van der Waals surface area (Å²) in [4.78, 5) is 31.9. The van der Waals surface area contributed by atoms with Crippen molar-refractivity contribution in [3.8, 4) is 28.5 Å². The van der Waals surface area contributed by atoms with Crippen molar-refractivity contribution in [3.63, 3.8) is 0 Å². The minimum atomic E-state index is -0.519. The predicted octanol–water partition coefficient (Wildman–Crippen LogP) is 9.34. The van der Waals surface area contributed by atoms with E-state index in [2.05, 4.69) is 18.4 Å². The number of nitro benzene ring substituents is 2. The van der Waals surface area contributed by atoms with Crippen LogP contribution < -0.4 is 4.74 Å². The van der Waals surface area contributed by atoms with Gasteiger partial charge in [-0.3, -0.25) is 20.2 Å². The van der Waals surface area contributed by atoms with Crippen LogP contribution in [-0.2, 0) is 13.1 Å². The van der Waals surface area contributed by atoms with Gasteiger partial charge in [0.15, 0.2) is 5.82 Å². The lowest BCUT2D eigenvalue weighted by atomic mass is 10.1. The number of hydrogen-bond acceptors (Lipinski definition) is 8. The van der Waals surface area contributed by atoms with E-state index in [-0.39, 0.29) is 27.3 Å². The zero-order valence-electron chi connectivity index (χ0n) is 30.0. The normalized spacial score (nSPS) is 14.1. The zero-order valence-corrected chi connectivity index (χ0v) is 30.0. The number of nitro groups is 2. The number of ether oxygens (including phenoxy) is 1. The summed E-state index contributed by atoms with van der Waals surface area (Å²) in [5, 5.41) is 33.6. The average molecular weight is 705 g/mol. The van der Waals surface area contributed by atoms with Gasteiger partial charge >= 0.3 is 0 Å². The van der Waals surface area contributed by atoms with E-state index in [0.29, 0.717) is 48.0 Å². The molecule has 4 aromatic carbocycles. The molecule has 2 atom stereocenters. The van der Waals surface area contributed by atoms with Gasteiger partial charge in [0.25, 0.3) is 11.4 Å². The van der Waals surface area contributed by atoms with Crippen molar-refractivity contribution in [3.05, 3.63) is 110 Å². The van der Waals surface area contributed by atoms with Crippen LogP contribution >= 0.6 is 0 Å². The van der Waals surface area contributed by atoms with E-state index in [4.69, 9.17) is 14.7 Å². The zero-order chi connectivity index (χ0) is 36.9. The Morgan fingerprint density at radius 2 is 1.42 bits per heavy atom. The molecule has 1 aliphatic rings. The monoisotopic (exact) mass is 704 g/mol. The van der Waals surface area contributed by atoms with Gasteiger partial charge in [0.1, 0.15) is 23.2 Å². The Morgan fingerprint density at radius 3 is 2.12 bits per heavy atom. The number of fused-ring (bicyclic) bond motifs is 6. The molecule has 270 valence electrons. The van der Waals surface area contributed by atoms with Crippen molar-refractivity contribution < 1.29 is 19.7 Å². The molecule has 0 saturated heterocycles. The van der Waals surface area contributed by atoms with E-state index in [1.165, 1.54) is 12.1 Å². The molecule has 0 spiro atoms. The smallest absolute Gasteiger partial charge is 0.284 e. The fourth-order valence-corrected chi connectivity index (χ4v) is 6.90.